The SMILES string of the molecule is CC(C)(C)OC(=O)N[C@@H]1C(=O)N[C@H]2COC[C@H]21. The first-order chi connectivity index (χ1) is 7.87. The third kappa shape index (κ3) is 2.69. The number of nitrogens with one attached hydrogen (secondary N) is 2. The van der Waals surface area contributed by atoms with Crippen molar-refractivity contribution in [2.24, 2.45) is 5.92 Å². The number of hydrogen-bond donors (Lipinski definition) is 2. The zero-order chi connectivity index (χ0) is 12.6. The zero-order valence-electron chi connectivity index (χ0n) is 10.3. The van der Waals surface area contributed by atoms with Crippen molar-refractivity contribution in [1.29, 1.82) is 0 Å². The zero-order valence-corrected chi connectivity index (χ0v) is 10.3. The van der Waals surface area contributed by atoms with Crippen LogP contribution in [0.4, 0.5) is 4.79 Å². The minimum Gasteiger partial charge on any atom is -0.444 e. The van der Waals surface area contributed by atoms with E-state index in [-0.39, 0.29) is 17.9 Å². The second kappa shape index (κ2) is 4.18. The number of carbonyl (C=O) groups is 2. The number of ether oxygens (including phenoxy) is 2. The van der Waals surface area contributed by atoms with E-state index < -0.39 is 17.7 Å². The van der Waals surface area contributed by atoms with Crippen molar-refractivity contribution < 1.29 is 19.1 Å². The van der Waals surface area contributed by atoms with E-state index in [9.17, 15) is 9.59 Å². The molecule has 96 valence electrons. The topological polar surface area (TPSA) is 76.7 Å². The minimum absolute atomic E-state index is 0.00928. The number of alkyl carbamates (subject to hydrolysis) is 1. The molecule has 6 heteroatoms. The summed E-state index contributed by atoms with van der Waals surface area (Å²) < 4.78 is 10.4. The molecular weight excluding hydrogens is 224 g/mol. The summed E-state index contributed by atoms with van der Waals surface area (Å²) in [6.45, 7) is 6.35. The molecule has 2 saturated heterocycles. The molecule has 0 saturated carbocycles. The Morgan fingerprint density at radius 3 is 2.82 bits per heavy atom. The van der Waals surface area contributed by atoms with Crippen LogP contribution in [-0.2, 0) is 14.3 Å². The lowest BCUT2D eigenvalue weighted by atomic mass is 10.00. The summed E-state index contributed by atoms with van der Waals surface area (Å²) in [4.78, 5) is 23.2. The van der Waals surface area contributed by atoms with Crippen LogP contribution >= 0.6 is 0 Å². The first kappa shape index (κ1) is 12.2. The van der Waals surface area contributed by atoms with Crippen LogP contribution in [0.3, 0.4) is 0 Å². The van der Waals surface area contributed by atoms with E-state index in [1.165, 1.54) is 0 Å². The van der Waals surface area contributed by atoms with Gasteiger partial charge in [-0.1, -0.05) is 0 Å². The summed E-state index contributed by atoms with van der Waals surface area (Å²) in [6.07, 6.45) is -0.565. The smallest absolute Gasteiger partial charge is 0.408 e. The molecule has 0 aliphatic carbocycles. The van der Waals surface area contributed by atoms with Crippen LogP contribution in [0.5, 0.6) is 0 Å². The predicted molar refractivity (Wildman–Crippen MR) is 59.4 cm³/mol. The Bertz CT molecular complexity index is 337. The Morgan fingerprint density at radius 2 is 2.18 bits per heavy atom. The summed E-state index contributed by atoms with van der Waals surface area (Å²) in [7, 11) is 0. The molecule has 0 unspecified atom stereocenters. The first-order valence-electron chi connectivity index (χ1n) is 5.74. The fourth-order valence-corrected chi connectivity index (χ4v) is 2.12. The van der Waals surface area contributed by atoms with Gasteiger partial charge in [0.15, 0.2) is 0 Å². The van der Waals surface area contributed by atoms with Gasteiger partial charge in [-0.3, -0.25) is 4.79 Å². The number of fused-ring (bicyclic) bond motifs is 1. The van der Waals surface area contributed by atoms with Gasteiger partial charge in [-0.25, -0.2) is 4.79 Å². The average molecular weight is 242 g/mol. The summed E-state index contributed by atoms with van der Waals surface area (Å²) in [5.41, 5.74) is -0.565. The van der Waals surface area contributed by atoms with Gasteiger partial charge in [0.25, 0.3) is 0 Å². The van der Waals surface area contributed by atoms with Gasteiger partial charge in [0.1, 0.15) is 11.6 Å². The quantitative estimate of drug-likeness (QED) is 0.680. The van der Waals surface area contributed by atoms with Crippen LogP contribution in [-0.4, -0.2) is 42.9 Å². The molecule has 0 aromatic rings. The maximum atomic E-state index is 11.7. The summed E-state index contributed by atoms with van der Waals surface area (Å²) >= 11 is 0. The van der Waals surface area contributed by atoms with E-state index in [4.69, 9.17) is 9.47 Å². The molecular formula is C11H18N2O4. The second-order valence-corrected chi connectivity index (χ2v) is 5.44. The Morgan fingerprint density at radius 1 is 1.47 bits per heavy atom. The molecule has 6 nitrogen and oxygen atoms in total. The van der Waals surface area contributed by atoms with Gasteiger partial charge in [-0.15, -0.1) is 0 Å². The van der Waals surface area contributed by atoms with Crippen molar-refractivity contribution in [3.63, 3.8) is 0 Å². The molecule has 3 atom stereocenters. The molecule has 0 aromatic heterocycles. The van der Waals surface area contributed by atoms with Crippen LogP contribution in [0.25, 0.3) is 0 Å². The molecule has 2 amide bonds. The van der Waals surface area contributed by atoms with Crippen molar-refractivity contribution in [3.05, 3.63) is 0 Å². The van der Waals surface area contributed by atoms with E-state index in [1.807, 2.05) is 0 Å². The average Bonchev–Trinajstić information content (AvgIpc) is 2.67. The van der Waals surface area contributed by atoms with E-state index in [0.29, 0.717) is 13.2 Å². The molecule has 2 aliphatic rings. The van der Waals surface area contributed by atoms with Crippen molar-refractivity contribution in [1.82, 2.24) is 10.6 Å². The highest BCUT2D eigenvalue weighted by molar-refractivity contribution is 5.88. The fourth-order valence-electron chi connectivity index (χ4n) is 2.12. The third-order valence-corrected chi connectivity index (χ3v) is 2.84. The lowest BCUT2D eigenvalue weighted by molar-refractivity contribution is -0.122. The summed E-state index contributed by atoms with van der Waals surface area (Å²) in [5, 5.41) is 5.40. The number of rotatable bonds is 1. The Kier molecular flexibility index (Phi) is 2.99. The Hall–Kier alpha value is -1.30. The van der Waals surface area contributed by atoms with Crippen molar-refractivity contribution in [2.75, 3.05) is 13.2 Å². The van der Waals surface area contributed by atoms with Gasteiger partial charge in [0.05, 0.1) is 19.3 Å². The van der Waals surface area contributed by atoms with Gasteiger partial charge in [-0.2, -0.15) is 0 Å². The molecule has 17 heavy (non-hydrogen) atoms. The maximum Gasteiger partial charge on any atom is 0.408 e. The molecule has 2 N–H and O–H groups in total. The van der Waals surface area contributed by atoms with Gasteiger partial charge < -0.3 is 20.1 Å². The highest BCUT2D eigenvalue weighted by atomic mass is 16.6. The lowest BCUT2D eigenvalue weighted by Crippen LogP contribution is -2.46. The normalized spacial score (nSPS) is 31.9. The highest BCUT2D eigenvalue weighted by Gasteiger charge is 2.46. The van der Waals surface area contributed by atoms with E-state index in [2.05, 4.69) is 10.6 Å². The standard InChI is InChI=1S/C11H18N2O4/c1-11(2,3)17-10(15)13-8-6-4-16-5-7(6)12-9(8)14/h6-8H,4-5H2,1-3H3,(H,12,14)(H,13,15)/t6-,7+,8+/m1/s1. The van der Waals surface area contributed by atoms with E-state index in [1.54, 1.807) is 20.8 Å². The van der Waals surface area contributed by atoms with Crippen LogP contribution in [0, 0.1) is 5.92 Å². The second-order valence-electron chi connectivity index (χ2n) is 5.44. The lowest BCUT2D eigenvalue weighted by Gasteiger charge is -2.22. The maximum absolute atomic E-state index is 11.7. The largest absolute Gasteiger partial charge is 0.444 e. The summed E-state index contributed by atoms with van der Waals surface area (Å²) in [5.74, 6) is -0.149. The van der Waals surface area contributed by atoms with Gasteiger partial charge >= 0.3 is 6.09 Å². The highest BCUT2D eigenvalue weighted by Crippen LogP contribution is 2.24. The molecule has 2 rings (SSSR count). The summed E-state index contributed by atoms with van der Waals surface area (Å²) in [6, 6.07) is -0.528. The van der Waals surface area contributed by atoms with Crippen LogP contribution in [0.15, 0.2) is 0 Å². The monoisotopic (exact) mass is 242 g/mol. The van der Waals surface area contributed by atoms with Crippen molar-refractivity contribution in [3.8, 4) is 0 Å². The molecule has 0 bridgehead atoms. The molecule has 2 aliphatic heterocycles. The number of hydrogen-bond acceptors (Lipinski definition) is 4. The Labute approximate surface area is 100 Å². The fraction of sp³-hybridized carbons (Fsp3) is 0.818. The molecule has 2 fully saturated rings. The number of carbonyl (C=O) groups excluding carboxylic acids is 2. The van der Waals surface area contributed by atoms with Crippen molar-refractivity contribution in [2.45, 2.75) is 38.5 Å². The molecule has 0 radical (unpaired) electrons. The van der Waals surface area contributed by atoms with Crippen LogP contribution < -0.4 is 10.6 Å². The van der Waals surface area contributed by atoms with Crippen molar-refractivity contribution >= 4 is 12.0 Å². The van der Waals surface area contributed by atoms with Crippen LogP contribution in [0.1, 0.15) is 20.8 Å². The van der Waals surface area contributed by atoms with Gasteiger partial charge in [-0.05, 0) is 20.8 Å². The van der Waals surface area contributed by atoms with E-state index in [0.717, 1.165) is 0 Å². The van der Waals surface area contributed by atoms with Crippen LogP contribution in [0.2, 0.25) is 0 Å². The molecule has 0 aromatic carbocycles. The van der Waals surface area contributed by atoms with E-state index >= 15 is 0 Å². The molecule has 0 spiro atoms. The Balaban J connectivity index is 1.94. The molecule has 2 heterocycles. The number of amides is 2. The van der Waals surface area contributed by atoms with Gasteiger partial charge in [0, 0.05) is 5.92 Å². The predicted octanol–water partition coefficient (Wildman–Crippen LogP) is 0.0245. The van der Waals surface area contributed by atoms with Gasteiger partial charge in [0.2, 0.25) is 5.91 Å². The third-order valence-electron chi connectivity index (χ3n) is 2.84. The minimum atomic E-state index is -0.565. The first-order valence-corrected chi connectivity index (χ1v) is 5.74.